The minimum Gasteiger partial charge on any atom is -0.338 e. The summed E-state index contributed by atoms with van der Waals surface area (Å²) < 4.78 is 0. The molecule has 1 aliphatic carbocycles. The quantitative estimate of drug-likeness (QED) is 0.881. The molecule has 0 bridgehead atoms. The molecule has 3 rings (SSSR count). The van der Waals surface area contributed by atoms with E-state index < -0.39 is 0 Å². The van der Waals surface area contributed by atoms with Crippen molar-refractivity contribution < 1.29 is 14.4 Å². The lowest BCUT2D eigenvalue weighted by molar-refractivity contribution is -0.203. The van der Waals surface area contributed by atoms with Gasteiger partial charge in [-0.2, -0.15) is 5.06 Å². The molecule has 2 aliphatic rings. The standard InChI is InChI=1S/C14H16N2O3/c17-13-8-15-12(10-4-2-1-3-5-10)9-16(13)19-14(18)11-6-7-11/h1-5,11-12,15H,6-9H2. The molecule has 1 N–H and O–H groups in total. The van der Waals surface area contributed by atoms with E-state index in [1.165, 1.54) is 5.06 Å². The largest absolute Gasteiger partial charge is 0.338 e. The van der Waals surface area contributed by atoms with Crippen LogP contribution in [0.25, 0.3) is 0 Å². The van der Waals surface area contributed by atoms with Crippen LogP contribution in [0.1, 0.15) is 24.4 Å². The van der Waals surface area contributed by atoms with E-state index >= 15 is 0 Å². The van der Waals surface area contributed by atoms with E-state index in [1.807, 2.05) is 30.3 Å². The van der Waals surface area contributed by atoms with Crippen molar-refractivity contribution in [3.8, 4) is 0 Å². The third-order valence-electron chi connectivity index (χ3n) is 3.44. The first-order valence-corrected chi connectivity index (χ1v) is 6.54. The Balaban J connectivity index is 1.66. The van der Waals surface area contributed by atoms with Crippen LogP contribution < -0.4 is 5.32 Å². The number of amides is 1. The van der Waals surface area contributed by atoms with Gasteiger partial charge in [0.05, 0.1) is 25.0 Å². The molecule has 0 spiro atoms. The molecule has 1 amide bonds. The maximum atomic E-state index is 11.7. The van der Waals surface area contributed by atoms with Gasteiger partial charge in [-0.1, -0.05) is 30.3 Å². The topological polar surface area (TPSA) is 58.6 Å². The van der Waals surface area contributed by atoms with Crippen molar-refractivity contribution in [3.63, 3.8) is 0 Å². The van der Waals surface area contributed by atoms with E-state index in [4.69, 9.17) is 4.84 Å². The molecule has 5 nitrogen and oxygen atoms in total. The van der Waals surface area contributed by atoms with Gasteiger partial charge < -0.3 is 4.84 Å². The number of carbonyl (C=O) groups excluding carboxylic acids is 2. The van der Waals surface area contributed by atoms with Gasteiger partial charge in [-0.25, -0.2) is 4.79 Å². The molecule has 1 aliphatic heterocycles. The second-order valence-corrected chi connectivity index (χ2v) is 4.98. The molecule has 100 valence electrons. The zero-order valence-electron chi connectivity index (χ0n) is 10.5. The van der Waals surface area contributed by atoms with Crippen molar-refractivity contribution in [2.75, 3.05) is 13.1 Å². The van der Waals surface area contributed by atoms with Crippen molar-refractivity contribution in [2.45, 2.75) is 18.9 Å². The summed E-state index contributed by atoms with van der Waals surface area (Å²) in [7, 11) is 0. The summed E-state index contributed by atoms with van der Waals surface area (Å²) in [6.45, 7) is 0.554. The van der Waals surface area contributed by atoms with Crippen molar-refractivity contribution in [1.29, 1.82) is 0 Å². The SMILES string of the molecule is O=C(ON1CC(c2ccccc2)NCC1=O)C1CC1. The Kier molecular flexibility index (Phi) is 3.21. The van der Waals surface area contributed by atoms with Crippen molar-refractivity contribution in [1.82, 2.24) is 10.4 Å². The number of hydrogen-bond donors (Lipinski definition) is 1. The van der Waals surface area contributed by atoms with E-state index in [1.54, 1.807) is 0 Å². The number of nitrogens with one attached hydrogen (secondary N) is 1. The minimum atomic E-state index is -0.276. The number of piperazine rings is 1. The van der Waals surface area contributed by atoms with E-state index in [-0.39, 0.29) is 30.4 Å². The highest BCUT2D eigenvalue weighted by Crippen LogP contribution is 2.31. The number of nitrogens with zero attached hydrogens (tertiary/aromatic N) is 1. The van der Waals surface area contributed by atoms with Crippen LogP contribution >= 0.6 is 0 Å². The summed E-state index contributed by atoms with van der Waals surface area (Å²) in [4.78, 5) is 28.5. The van der Waals surface area contributed by atoms with E-state index in [9.17, 15) is 9.59 Å². The van der Waals surface area contributed by atoms with Gasteiger partial charge in [-0.3, -0.25) is 10.1 Å². The van der Waals surface area contributed by atoms with Crippen molar-refractivity contribution >= 4 is 11.9 Å². The fraction of sp³-hybridized carbons (Fsp3) is 0.429. The lowest BCUT2D eigenvalue weighted by Crippen LogP contribution is -2.50. The third-order valence-corrected chi connectivity index (χ3v) is 3.44. The maximum absolute atomic E-state index is 11.7. The molecule has 0 radical (unpaired) electrons. The second kappa shape index (κ2) is 5.01. The van der Waals surface area contributed by atoms with Crippen LogP contribution in [0.4, 0.5) is 0 Å². The molecule has 19 heavy (non-hydrogen) atoms. The number of benzene rings is 1. The van der Waals surface area contributed by atoms with Crippen LogP contribution in [-0.2, 0) is 14.4 Å². The molecule has 1 aromatic carbocycles. The normalized spacial score (nSPS) is 23.3. The van der Waals surface area contributed by atoms with Crippen molar-refractivity contribution in [2.24, 2.45) is 5.92 Å². The summed E-state index contributed by atoms with van der Waals surface area (Å²) in [5.74, 6) is -0.471. The number of hydrogen-bond acceptors (Lipinski definition) is 4. The molecule has 2 fully saturated rings. The highest BCUT2D eigenvalue weighted by Gasteiger charge is 2.36. The smallest absolute Gasteiger partial charge is 0.335 e. The van der Waals surface area contributed by atoms with Gasteiger partial charge in [-0.15, -0.1) is 0 Å². The van der Waals surface area contributed by atoms with Gasteiger partial charge in [0.25, 0.3) is 5.91 Å². The Morgan fingerprint density at radius 2 is 2.00 bits per heavy atom. The Bertz CT molecular complexity index is 485. The Morgan fingerprint density at radius 3 is 2.68 bits per heavy atom. The van der Waals surface area contributed by atoms with Crippen LogP contribution in [0.3, 0.4) is 0 Å². The predicted molar refractivity (Wildman–Crippen MR) is 67.7 cm³/mol. The second-order valence-electron chi connectivity index (χ2n) is 4.98. The van der Waals surface area contributed by atoms with Crippen LogP contribution in [-0.4, -0.2) is 30.0 Å². The fourth-order valence-electron chi connectivity index (χ4n) is 2.13. The number of rotatable bonds is 3. The lowest BCUT2D eigenvalue weighted by Gasteiger charge is -2.32. The first-order valence-electron chi connectivity index (χ1n) is 6.54. The van der Waals surface area contributed by atoms with Gasteiger partial charge >= 0.3 is 5.97 Å². The van der Waals surface area contributed by atoms with E-state index in [0.717, 1.165) is 18.4 Å². The number of carbonyl (C=O) groups is 2. The van der Waals surface area contributed by atoms with E-state index in [0.29, 0.717) is 6.54 Å². The van der Waals surface area contributed by atoms with E-state index in [2.05, 4.69) is 5.32 Å². The Labute approximate surface area is 111 Å². The molecule has 1 unspecified atom stereocenters. The van der Waals surface area contributed by atoms with Crippen LogP contribution in [0.2, 0.25) is 0 Å². The summed E-state index contributed by atoms with van der Waals surface area (Å²) >= 11 is 0. The summed E-state index contributed by atoms with van der Waals surface area (Å²) in [6, 6.07) is 9.85. The summed E-state index contributed by atoms with van der Waals surface area (Å²) in [5.41, 5.74) is 1.09. The summed E-state index contributed by atoms with van der Waals surface area (Å²) in [5, 5.41) is 4.35. The third kappa shape index (κ3) is 2.76. The van der Waals surface area contributed by atoms with Gasteiger partial charge in [-0.05, 0) is 18.4 Å². The highest BCUT2D eigenvalue weighted by atomic mass is 16.7. The molecule has 1 heterocycles. The monoisotopic (exact) mass is 260 g/mol. The highest BCUT2D eigenvalue weighted by molar-refractivity contribution is 5.81. The minimum absolute atomic E-state index is 0.00198. The zero-order chi connectivity index (χ0) is 13.2. The predicted octanol–water partition coefficient (Wildman–Crippen LogP) is 1.03. The Morgan fingerprint density at radius 1 is 1.26 bits per heavy atom. The maximum Gasteiger partial charge on any atom is 0.335 e. The number of hydroxylamine groups is 2. The van der Waals surface area contributed by atoms with Gasteiger partial charge in [0.1, 0.15) is 0 Å². The van der Waals surface area contributed by atoms with Crippen LogP contribution in [0.5, 0.6) is 0 Å². The molecule has 1 atom stereocenters. The molecular weight excluding hydrogens is 244 g/mol. The zero-order valence-corrected chi connectivity index (χ0v) is 10.5. The average molecular weight is 260 g/mol. The van der Waals surface area contributed by atoms with Crippen LogP contribution in [0, 0.1) is 5.92 Å². The molecular formula is C14H16N2O3. The molecule has 1 saturated carbocycles. The van der Waals surface area contributed by atoms with Gasteiger partial charge in [0.2, 0.25) is 0 Å². The van der Waals surface area contributed by atoms with Gasteiger partial charge in [0.15, 0.2) is 0 Å². The summed E-state index contributed by atoms with van der Waals surface area (Å²) in [6.07, 6.45) is 1.75. The fourth-order valence-corrected chi connectivity index (χ4v) is 2.13. The lowest BCUT2D eigenvalue weighted by atomic mass is 10.1. The first-order chi connectivity index (χ1) is 9.24. The first kappa shape index (κ1) is 12.2. The molecule has 1 aromatic rings. The molecule has 0 aromatic heterocycles. The van der Waals surface area contributed by atoms with Gasteiger partial charge in [0, 0.05) is 0 Å². The molecule has 5 heteroatoms. The average Bonchev–Trinajstić information content (AvgIpc) is 3.27. The Hall–Kier alpha value is -1.88. The molecule has 1 saturated heterocycles. The van der Waals surface area contributed by atoms with Crippen molar-refractivity contribution in [3.05, 3.63) is 35.9 Å². The van der Waals surface area contributed by atoms with Crippen LogP contribution in [0.15, 0.2) is 30.3 Å².